The smallest absolute Gasteiger partial charge is 0.295 e. The van der Waals surface area contributed by atoms with Gasteiger partial charge in [-0.05, 0) is 67.1 Å². The van der Waals surface area contributed by atoms with E-state index in [1.807, 2.05) is 6.92 Å². The molecular formula is C26H19F2NO5. The van der Waals surface area contributed by atoms with Gasteiger partial charge in [-0.1, -0.05) is 6.07 Å². The summed E-state index contributed by atoms with van der Waals surface area (Å²) in [6.45, 7) is 2.26. The molecule has 1 aromatic heterocycles. The zero-order valence-electron chi connectivity index (χ0n) is 18.3. The van der Waals surface area contributed by atoms with Crippen LogP contribution in [-0.4, -0.2) is 19.6 Å². The molecule has 0 radical (unpaired) electrons. The summed E-state index contributed by atoms with van der Waals surface area (Å²) in [6, 6.07) is 13.1. The van der Waals surface area contributed by atoms with Crippen molar-refractivity contribution in [3.63, 3.8) is 0 Å². The second kappa shape index (κ2) is 8.30. The molecule has 1 amide bonds. The molecule has 0 saturated carbocycles. The maximum atomic E-state index is 13.9. The molecule has 0 bridgehead atoms. The lowest BCUT2D eigenvalue weighted by molar-refractivity contribution is 0.0971. The topological polar surface area (TPSA) is 69.0 Å². The highest BCUT2D eigenvalue weighted by Gasteiger charge is 2.44. The predicted octanol–water partition coefficient (Wildman–Crippen LogP) is 5.23. The van der Waals surface area contributed by atoms with Crippen LogP contribution in [-0.2, 0) is 0 Å². The Bertz CT molecular complexity index is 1480. The Labute approximate surface area is 192 Å². The van der Waals surface area contributed by atoms with Crippen LogP contribution < -0.4 is 19.8 Å². The highest BCUT2D eigenvalue weighted by atomic mass is 19.1. The van der Waals surface area contributed by atoms with Crippen LogP contribution in [0, 0.1) is 11.6 Å². The Kier molecular flexibility index (Phi) is 5.28. The minimum atomic E-state index is -0.915. The first-order valence-electron chi connectivity index (χ1n) is 10.6. The molecule has 2 heterocycles. The molecule has 8 heteroatoms. The molecule has 0 aliphatic carbocycles. The number of benzene rings is 3. The van der Waals surface area contributed by atoms with Crippen molar-refractivity contribution in [3.8, 4) is 11.5 Å². The number of fused-ring (bicyclic) bond motifs is 2. The molecule has 1 aliphatic rings. The van der Waals surface area contributed by atoms with Gasteiger partial charge < -0.3 is 13.9 Å². The standard InChI is InChI=1S/C26H19F2NO5/c1-3-33-20-10-4-14(12-21(20)32-2)23-22-24(30)18-13-16(28)7-11-19(18)34-25(22)26(31)29(23)17-8-5-15(27)6-9-17/h4-13,23H,3H2,1-2H3. The van der Waals surface area contributed by atoms with E-state index in [9.17, 15) is 18.4 Å². The maximum Gasteiger partial charge on any atom is 0.295 e. The molecule has 0 saturated heterocycles. The Hall–Kier alpha value is -4.20. The Balaban J connectivity index is 1.78. The van der Waals surface area contributed by atoms with Crippen LogP contribution in [0.3, 0.4) is 0 Å². The van der Waals surface area contributed by atoms with E-state index in [2.05, 4.69) is 0 Å². The molecule has 34 heavy (non-hydrogen) atoms. The van der Waals surface area contributed by atoms with E-state index in [0.717, 1.165) is 12.1 Å². The van der Waals surface area contributed by atoms with Crippen molar-refractivity contribution in [3.05, 3.63) is 99.4 Å². The number of carbonyl (C=O) groups is 1. The summed E-state index contributed by atoms with van der Waals surface area (Å²) >= 11 is 0. The number of anilines is 1. The van der Waals surface area contributed by atoms with Gasteiger partial charge in [0.2, 0.25) is 5.76 Å². The van der Waals surface area contributed by atoms with E-state index in [1.54, 1.807) is 18.2 Å². The van der Waals surface area contributed by atoms with E-state index >= 15 is 0 Å². The van der Waals surface area contributed by atoms with Crippen LogP contribution in [0.2, 0.25) is 0 Å². The molecule has 1 unspecified atom stereocenters. The quantitative estimate of drug-likeness (QED) is 0.406. The molecule has 4 aromatic rings. The number of hydrogen-bond donors (Lipinski definition) is 0. The first kappa shape index (κ1) is 21.6. The summed E-state index contributed by atoms with van der Waals surface area (Å²) in [5.74, 6) is -0.870. The number of carbonyl (C=O) groups excluding carboxylic acids is 1. The highest BCUT2D eigenvalue weighted by Crippen LogP contribution is 2.43. The van der Waals surface area contributed by atoms with Gasteiger partial charge in [0.25, 0.3) is 5.91 Å². The normalized spacial score (nSPS) is 15.0. The van der Waals surface area contributed by atoms with Gasteiger partial charge >= 0.3 is 0 Å². The molecule has 3 aromatic carbocycles. The van der Waals surface area contributed by atoms with Crippen molar-refractivity contribution in [2.75, 3.05) is 18.6 Å². The molecule has 5 rings (SSSR count). The fourth-order valence-corrected chi connectivity index (χ4v) is 4.26. The first-order valence-corrected chi connectivity index (χ1v) is 10.6. The first-order chi connectivity index (χ1) is 16.4. The monoisotopic (exact) mass is 463 g/mol. The van der Waals surface area contributed by atoms with Gasteiger partial charge in [-0.2, -0.15) is 0 Å². The van der Waals surface area contributed by atoms with Gasteiger partial charge in [0, 0.05) is 5.69 Å². The zero-order chi connectivity index (χ0) is 24.0. The lowest BCUT2D eigenvalue weighted by Crippen LogP contribution is -2.29. The SMILES string of the molecule is CCOc1ccc(C2c3c(oc4ccc(F)cc4c3=O)C(=O)N2c2ccc(F)cc2)cc1OC. The number of ether oxygens (including phenoxy) is 2. The number of amides is 1. The fraction of sp³-hybridized carbons (Fsp3) is 0.154. The average Bonchev–Trinajstić information content (AvgIpc) is 3.13. The van der Waals surface area contributed by atoms with E-state index in [-0.39, 0.29) is 22.3 Å². The molecular weight excluding hydrogens is 444 g/mol. The summed E-state index contributed by atoms with van der Waals surface area (Å²) < 4.78 is 44.4. The van der Waals surface area contributed by atoms with Gasteiger partial charge in [0.15, 0.2) is 16.9 Å². The van der Waals surface area contributed by atoms with Crippen molar-refractivity contribution < 1.29 is 27.5 Å². The summed E-state index contributed by atoms with van der Waals surface area (Å²) in [5.41, 5.74) is 0.553. The van der Waals surface area contributed by atoms with E-state index in [4.69, 9.17) is 13.9 Å². The van der Waals surface area contributed by atoms with Crippen molar-refractivity contribution in [2.24, 2.45) is 0 Å². The molecule has 1 atom stereocenters. The average molecular weight is 463 g/mol. The van der Waals surface area contributed by atoms with Crippen molar-refractivity contribution in [1.29, 1.82) is 0 Å². The molecule has 0 spiro atoms. The Morgan fingerprint density at radius 3 is 2.38 bits per heavy atom. The van der Waals surface area contributed by atoms with Crippen LogP contribution in [0.4, 0.5) is 14.5 Å². The molecule has 1 aliphatic heterocycles. The maximum absolute atomic E-state index is 13.9. The van der Waals surface area contributed by atoms with E-state index < -0.39 is 29.0 Å². The highest BCUT2D eigenvalue weighted by molar-refractivity contribution is 6.10. The van der Waals surface area contributed by atoms with Crippen LogP contribution >= 0.6 is 0 Å². The Morgan fingerprint density at radius 2 is 1.68 bits per heavy atom. The summed E-state index contributed by atoms with van der Waals surface area (Å²) in [7, 11) is 1.48. The number of methoxy groups -OCH3 is 1. The Morgan fingerprint density at radius 1 is 0.941 bits per heavy atom. The lowest BCUT2D eigenvalue weighted by atomic mass is 9.97. The third-order valence-corrected chi connectivity index (χ3v) is 5.74. The molecule has 0 fully saturated rings. The second-order valence-electron chi connectivity index (χ2n) is 7.71. The fourth-order valence-electron chi connectivity index (χ4n) is 4.26. The van der Waals surface area contributed by atoms with E-state index in [1.165, 1.54) is 42.3 Å². The predicted molar refractivity (Wildman–Crippen MR) is 122 cm³/mol. The van der Waals surface area contributed by atoms with Crippen LogP contribution in [0.1, 0.15) is 34.6 Å². The van der Waals surface area contributed by atoms with Gasteiger partial charge in [0.1, 0.15) is 17.2 Å². The van der Waals surface area contributed by atoms with Crippen LogP contribution in [0.25, 0.3) is 11.0 Å². The summed E-state index contributed by atoms with van der Waals surface area (Å²) in [6.07, 6.45) is 0. The van der Waals surface area contributed by atoms with Gasteiger partial charge in [-0.15, -0.1) is 0 Å². The summed E-state index contributed by atoms with van der Waals surface area (Å²) in [4.78, 5) is 28.4. The van der Waals surface area contributed by atoms with Crippen molar-refractivity contribution >= 4 is 22.6 Å². The van der Waals surface area contributed by atoms with Crippen molar-refractivity contribution in [1.82, 2.24) is 0 Å². The molecule has 172 valence electrons. The minimum Gasteiger partial charge on any atom is -0.493 e. The van der Waals surface area contributed by atoms with Crippen LogP contribution in [0.5, 0.6) is 11.5 Å². The molecule has 0 N–H and O–H groups in total. The zero-order valence-corrected chi connectivity index (χ0v) is 18.3. The van der Waals surface area contributed by atoms with Crippen molar-refractivity contribution in [2.45, 2.75) is 13.0 Å². The second-order valence-corrected chi connectivity index (χ2v) is 7.71. The molecule has 6 nitrogen and oxygen atoms in total. The largest absolute Gasteiger partial charge is 0.493 e. The lowest BCUT2D eigenvalue weighted by Gasteiger charge is -2.26. The number of hydrogen-bond acceptors (Lipinski definition) is 5. The number of rotatable bonds is 5. The van der Waals surface area contributed by atoms with Gasteiger partial charge in [0.05, 0.1) is 30.7 Å². The minimum absolute atomic E-state index is 0.0235. The van der Waals surface area contributed by atoms with Crippen LogP contribution in [0.15, 0.2) is 69.9 Å². The van der Waals surface area contributed by atoms with Gasteiger partial charge in [-0.25, -0.2) is 8.78 Å². The number of halogens is 2. The third kappa shape index (κ3) is 3.39. The number of nitrogens with zero attached hydrogens (tertiary/aromatic N) is 1. The van der Waals surface area contributed by atoms with Gasteiger partial charge in [-0.3, -0.25) is 14.5 Å². The summed E-state index contributed by atoms with van der Waals surface area (Å²) in [5, 5.41) is 0.0235. The third-order valence-electron chi connectivity index (χ3n) is 5.74. The van der Waals surface area contributed by atoms with E-state index in [0.29, 0.717) is 29.4 Å².